The van der Waals surface area contributed by atoms with Crippen LogP contribution in [-0.2, 0) is 6.18 Å². The van der Waals surface area contributed by atoms with Crippen molar-refractivity contribution in [2.75, 3.05) is 0 Å². The summed E-state index contributed by atoms with van der Waals surface area (Å²) in [6.07, 6.45) is -4.62. The number of carboxylic acids is 1. The molecule has 0 aliphatic heterocycles. The lowest BCUT2D eigenvalue weighted by Crippen LogP contribution is -2.09. The first-order valence-corrected chi connectivity index (χ1v) is 7.09. The molecule has 3 rings (SSSR count). The van der Waals surface area contributed by atoms with E-state index in [1.54, 1.807) is 31.2 Å². The number of hydrogen-bond acceptors (Lipinski definition) is 2. The van der Waals surface area contributed by atoms with Crippen LogP contribution in [0.15, 0.2) is 48.5 Å². The summed E-state index contributed by atoms with van der Waals surface area (Å²) in [6.45, 7) is 1.79. The summed E-state index contributed by atoms with van der Waals surface area (Å²) >= 11 is 0. The number of carbonyl (C=O) groups is 1. The highest BCUT2D eigenvalue weighted by Crippen LogP contribution is 2.36. The highest BCUT2D eigenvalue weighted by Gasteiger charge is 2.34. The number of rotatable bonds is 2. The van der Waals surface area contributed by atoms with Crippen LogP contribution in [0.3, 0.4) is 0 Å². The third kappa shape index (κ3) is 2.71. The maximum absolute atomic E-state index is 13.3. The fraction of sp³-hybridized carbons (Fsp3) is 0.111. The number of aromatic carboxylic acids is 1. The third-order valence-electron chi connectivity index (χ3n) is 3.80. The molecule has 0 saturated carbocycles. The number of aromatic nitrogens is 1. The van der Waals surface area contributed by atoms with Gasteiger partial charge < -0.3 is 5.11 Å². The molecule has 3 nitrogen and oxygen atoms in total. The second-order valence-electron chi connectivity index (χ2n) is 5.37. The number of carboxylic acid groups (broad SMARTS) is 1. The van der Waals surface area contributed by atoms with Gasteiger partial charge in [-0.3, -0.25) is 0 Å². The molecule has 0 spiro atoms. The number of hydrogen-bond donors (Lipinski definition) is 1. The van der Waals surface area contributed by atoms with Crippen molar-refractivity contribution in [3.8, 4) is 11.3 Å². The van der Waals surface area contributed by atoms with Gasteiger partial charge in [0.2, 0.25) is 0 Å². The summed E-state index contributed by atoms with van der Waals surface area (Å²) in [5, 5.41) is 9.38. The topological polar surface area (TPSA) is 50.2 Å². The minimum absolute atomic E-state index is 0.0327. The number of benzene rings is 2. The van der Waals surface area contributed by atoms with Crippen LogP contribution in [0, 0.1) is 6.92 Å². The molecule has 0 unspecified atom stereocenters. The first kappa shape index (κ1) is 16.0. The Hall–Kier alpha value is -2.89. The van der Waals surface area contributed by atoms with Crippen molar-refractivity contribution >= 4 is 16.9 Å². The summed E-state index contributed by atoms with van der Waals surface area (Å²) in [5.41, 5.74) is 0.0872. The van der Waals surface area contributed by atoms with Crippen molar-refractivity contribution in [1.82, 2.24) is 4.98 Å². The fourth-order valence-corrected chi connectivity index (χ4v) is 2.65. The summed E-state index contributed by atoms with van der Waals surface area (Å²) in [7, 11) is 0. The molecular weight excluding hydrogens is 319 g/mol. The first-order chi connectivity index (χ1) is 11.3. The average molecular weight is 331 g/mol. The average Bonchev–Trinajstić information content (AvgIpc) is 2.52. The summed E-state index contributed by atoms with van der Waals surface area (Å²) < 4.78 is 39.8. The molecule has 0 saturated heterocycles. The molecule has 0 radical (unpaired) electrons. The Kier molecular flexibility index (Phi) is 3.75. The van der Waals surface area contributed by atoms with Gasteiger partial charge in [0.15, 0.2) is 0 Å². The Bertz CT molecular complexity index is 949. The number of nitrogens with zero attached hydrogens (tertiary/aromatic N) is 1. The van der Waals surface area contributed by atoms with E-state index < -0.39 is 17.7 Å². The van der Waals surface area contributed by atoms with Gasteiger partial charge >= 0.3 is 12.1 Å². The lowest BCUT2D eigenvalue weighted by atomic mass is 9.99. The van der Waals surface area contributed by atoms with E-state index in [1.807, 2.05) is 0 Å². The molecule has 0 aliphatic carbocycles. The number of fused-ring (bicyclic) bond motifs is 1. The second kappa shape index (κ2) is 5.63. The number of alkyl halides is 3. The SMILES string of the molecule is Cc1ccccc1-c1cc(C(=O)O)c2cccc(C(F)(F)F)c2n1. The van der Waals surface area contributed by atoms with Crippen molar-refractivity contribution < 1.29 is 23.1 Å². The van der Waals surface area contributed by atoms with E-state index in [0.29, 0.717) is 5.56 Å². The van der Waals surface area contributed by atoms with Crippen molar-refractivity contribution in [1.29, 1.82) is 0 Å². The maximum atomic E-state index is 13.3. The van der Waals surface area contributed by atoms with Gasteiger partial charge in [0, 0.05) is 10.9 Å². The van der Waals surface area contributed by atoms with E-state index in [4.69, 9.17) is 0 Å². The van der Waals surface area contributed by atoms with E-state index in [1.165, 1.54) is 18.2 Å². The quantitative estimate of drug-likeness (QED) is 0.724. The lowest BCUT2D eigenvalue weighted by Gasteiger charge is -2.13. The molecule has 0 fully saturated rings. The zero-order valence-corrected chi connectivity index (χ0v) is 12.6. The number of halogens is 3. The highest BCUT2D eigenvalue weighted by atomic mass is 19.4. The van der Waals surface area contributed by atoms with Gasteiger partial charge in [0.25, 0.3) is 0 Å². The number of aryl methyl sites for hydroxylation is 1. The molecule has 0 atom stereocenters. The molecule has 3 aromatic rings. The number of para-hydroxylation sites is 1. The van der Waals surface area contributed by atoms with E-state index >= 15 is 0 Å². The fourth-order valence-electron chi connectivity index (χ4n) is 2.65. The molecule has 0 bridgehead atoms. The van der Waals surface area contributed by atoms with Crippen molar-refractivity contribution in [2.24, 2.45) is 0 Å². The van der Waals surface area contributed by atoms with Gasteiger partial charge in [0.1, 0.15) is 0 Å². The Morgan fingerprint density at radius 3 is 2.42 bits per heavy atom. The highest BCUT2D eigenvalue weighted by molar-refractivity contribution is 6.04. The minimum Gasteiger partial charge on any atom is -0.478 e. The maximum Gasteiger partial charge on any atom is 0.418 e. The number of pyridine rings is 1. The standard InChI is InChI=1S/C18H12F3NO2/c1-10-5-2-3-6-11(10)15-9-13(17(23)24)12-7-4-8-14(16(12)22-15)18(19,20)21/h2-9H,1H3,(H,23,24). The summed E-state index contributed by atoms with van der Waals surface area (Å²) in [6, 6.07) is 11.7. The van der Waals surface area contributed by atoms with Crippen LogP contribution in [0.2, 0.25) is 0 Å². The van der Waals surface area contributed by atoms with E-state index in [2.05, 4.69) is 4.98 Å². The van der Waals surface area contributed by atoms with Crippen LogP contribution in [0.25, 0.3) is 22.2 Å². The van der Waals surface area contributed by atoms with E-state index in [-0.39, 0.29) is 22.2 Å². The van der Waals surface area contributed by atoms with Gasteiger partial charge in [-0.15, -0.1) is 0 Å². The van der Waals surface area contributed by atoms with Crippen molar-refractivity contribution in [3.63, 3.8) is 0 Å². The van der Waals surface area contributed by atoms with Crippen molar-refractivity contribution in [3.05, 3.63) is 65.2 Å². The van der Waals surface area contributed by atoms with Gasteiger partial charge in [0.05, 0.1) is 22.3 Å². The van der Waals surface area contributed by atoms with Gasteiger partial charge in [-0.05, 0) is 24.6 Å². The molecule has 1 heterocycles. The lowest BCUT2D eigenvalue weighted by molar-refractivity contribution is -0.136. The minimum atomic E-state index is -4.62. The molecule has 2 aromatic carbocycles. The zero-order valence-electron chi connectivity index (χ0n) is 12.6. The molecule has 0 aliphatic rings. The Morgan fingerprint density at radius 2 is 1.79 bits per heavy atom. The smallest absolute Gasteiger partial charge is 0.418 e. The Morgan fingerprint density at radius 1 is 1.08 bits per heavy atom. The predicted octanol–water partition coefficient (Wildman–Crippen LogP) is 4.93. The van der Waals surface area contributed by atoms with Crippen LogP contribution in [-0.4, -0.2) is 16.1 Å². The normalized spacial score (nSPS) is 11.7. The first-order valence-electron chi connectivity index (χ1n) is 7.09. The van der Waals surface area contributed by atoms with Crippen LogP contribution in [0.1, 0.15) is 21.5 Å². The van der Waals surface area contributed by atoms with Crippen LogP contribution < -0.4 is 0 Å². The summed E-state index contributed by atoms with van der Waals surface area (Å²) in [5.74, 6) is -1.29. The predicted molar refractivity (Wildman–Crippen MR) is 83.9 cm³/mol. The Labute approximate surface area is 135 Å². The largest absolute Gasteiger partial charge is 0.478 e. The summed E-state index contributed by atoms with van der Waals surface area (Å²) in [4.78, 5) is 15.7. The Balaban J connectivity index is 2.42. The molecule has 1 N–H and O–H groups in total. The monoisotopic (exact) mass is 331 g/mol. The van der Waals surface area contributed by atoms with Gasteiger partial charge in [-0.1, -0.05) is 36.4 Å². The van der Waals surface area contributed by atoms with Gasteiger partial charge in [-0.25, -0.2) is 9.78 Å². The zero-order chi connectivity index (χ0) is 17.5. The van der Waals surface area contributed by atoms with E-state index in [9.17, 15) is 23.1 Å². The molecule has 0 amide bonds. The third-order valence-corrected chi connectivity index (χ3v) is 3.80. The van der Waals surface area contributed by atoms with Crippen LogP contribution >= 0.6 is 0 Å². The molecule has 122 valence electrons. The van der Waals surface area contributed by atoms with Gasteiger partial charge in [-0.2, -0.15) is 13.2 Å². The van der Waals surface area contributed by atoms with Crippen molar-refractivity contribution in [2.45, 2.75) is 13.1 Å². The molecule has 1 aromatic heterocycles. The molecule has 24 heavy (non-hydrogen) atoms. The second-order valence-corrected chi connectivity index (χ2v) is 5.37. The van der Waals surface area contributed by atoms with Crippen LogP contribution in [0.4, 0.5) is 13.2 Å². The van der Waals surface area contributed by atoms with Crippen LogP contribution in [0.5, 0.6) is 0 Å². The molecular formula is C18H12F3NO2. The molecule has 6 heteroatoms. The van der Waals surface area contributed by atoms with E-state index in [0.717, 1.165) is 11.6 Å².